The van der Waals surface area contributed by atoms with Crippen LogP contribution in [0.1, 0.15) is 22.0 Å². The molecule has 2 aromatic rings. The van der Waals surface area contributed by atoms with Crippen LogP contribution in [0.15, 0.2) is 30.5 Å². The second kappa shape index (κ2) is 7.75. The molecule has 0 saturated carbocycles. The van der Waals surface area contributed by atoms with Gasteiger partial charge in [0.1, 0.15) is 0 Å². The molecule has 0 atom stereocenters. The Morgan fingerprint density at radius 3 is 2.18 bits per heavy atom. The van der Waals surface area contributed by atoms with Crippen LogP contribution in [0.2, 0.25) is 0 Å². The molecule has 0 spiro atoms. The Hall–Kier alpha value is -0.650. The molecule has 1 heterocycles. The number of methoxy groups -OCH3 is 1. The van der Waals surface area contributed by atoms with Crippen LogP contribution in [0, 0.1) is 10.2 Å². The van der Waals surface area contributed by atoms with Gasteiger partial charge in [-0.25, -0.2) is 18.6 Å². The molecule has 0 bridgehead atoms. The zero-order chi connectivity index (χ0) is 16.2. The first-order valence-electron chi connectivity index (χ1n) is 6.67. The quantitative estimate of drug-likeness (QED) is 0.467. The second-order valence-electron chi connectivity index (χ2n) is 4.78. The van der Waals surface area contributed by atoms with E-state index in [-0.39, 0.29) is 20.7 Å². The maximum absolute atomic E-state index is 8.49. The van der Waals surface area contributed by atoms with Gasteiger partial charge in [0.05, 0.1) is 0 Å². The summed E-state index contributed by atoms with van der Waals surface area (Å²) in [4.78, 5) is 0. The molecule has 1 aliphatic carbocycles. The van der Waals surface area contributed by atoms with Crippen LogP contribution in [0.5, 0.6) is 5.75 Å². The van der Waals surface area contributed by atoms with Crippen molar-refractivity contribution in [3.63, 3.8) is 0 Å². The molecule has 1 aliphatic rings. The Morgan fingerprint density at radius 2 is 1.64 bits per heavy atom. The Balaban J connectivity index is 0.000000309. The molecule has 120 valence electrons. The van der Waals surface area contributed by atoms with Gasteiger partial charge in [-0.2, -0.15) is 0 Å². The SMILES string of the molecule is COc1ccc(-[n+]2cc3c([te]2)CCCC3)cc1.[O-][Cl+3]([O-])([O-])[O-]. The van der Waals surface area contributed by atoms with Crippen LogP contribution in [0.4, 0.5) is 0 Å². The van der Waals surface area contributed by atoms with Gasteiger partial charge < -0.3 is 0 Å². The molecule has 6 nitrogen and oxygen atoms in total. The van der Waals surface area contributed by atoms with Crippen molar-refractivity contribution in [2.75, 3.05) is 7.11 Å². The third-order valence-corrected chi connectivity index (χ3v) is 6.69. The topological polar surface area (TPSA) is 105 Å². The van der Waals surface area contributed by atoms with Gasteiger partial charge in [0, 0.05) is 0 Å². The maximum atomic E-state index is 8.49. The standard InChI is InChI=1S/C14H16NOTe.ClHO4/c1-16-13-8-6-12(7-9-13)15-10-11-4-2-3-5-14(11)17-15;2-1(3,4)5/h6-10H,2-5H2,1H3;(H,2,3,4,5)/q+1;/p-1. The largest absolute Gasteiger partial charge is 0.222 e. The molecule has 0 N–H and O–H groups in total. The molecule has 8 heteroatoms. The van der Waals surface area contributed by atoms with Gasteiger partial charge >= 0.3 is 112 Å². The smallest absolute Gasteiger partial charge is 0.112 e. The summed E-state index contributed by atoms with van der Waals surface area (Å²) in [6.45, 7) is 0. The number of nitrogens with zero attached hydrogens (tertiary/aromatic N) is 1. The van der Waals surface area contributed by atoms with E-state index in [1.54, 1.807) is 16.3 Å². The molecular weight excluding hydrogens is 425 g/mol. The van der Waals surface area contributed by atoms with Crippen LogP contribution in [-0.4, -0.2) is 27.8 Å². The minimum absolute atomic E-state index is 0.152. The summed E-state index contributed by atoms with van der Waals surface area (Å²) >= 11 is -0.152. The molecule has 0 fully saturated rings. The van der Waals surface area contributed by atoms with E-state index in [0.717, 1.165) is 5.75 Å². The van der Waals surface area contributed by atoms with Crippen LogP contribution in [0.25, 0.3) is 5.69 Å². The van der Waals surface area contributed by atoms with Gasteiger partial charge in [-0.15, -0.1) is 10.2 Å². The third kappa shape index (κ3) is 5.52. The maximum Gasteiger partial charge on any atom is -0.112 e. The molecule has 0 unspecified atom stereocenters. The number of hydrogen-bond acceptors (Lipinski definition) is 5. The van der Waals surface area contributed by atoms with E-state index in [9.17, 15) is 0 Å². The Bertz CT molecular complexity index is 579. The van der Waals surface area contributed by atoms with Crippen LogP contribution < -0.4 is 26.2 Å². The minimum atomic E-state index is -4.94. The van der Waals surface area contributed by atoms with Gasteiger partial charge in [-0.1, -0.05) is 0 Å². The number of rotatable bonds is 2. The van der Waals surface area contributed by atoms with Crippen molar-refractivity contribution in [1.82, 2.24) is 0 Å². The van der Waals surface area contributed by atoms with E-state index in [4.69, 9.17) is 23.4 Å². The van der Waals surface area contributed by atoms with Crippen LogP contribution >= 0.6 is 0 Å². The van der Waals surface area contributed by atoms with Crippen LogP contribution in [0.3, 0.4) is 0 Å². The van der Waals surface area contributed by atoms with Crippen molar-refractivity contribution in [3.05, 3.63) is 39.6 Å². The zero-order valence-electron chi connectivity index (χ0n) is 12.0. The van der Waals surface area contributed by atoms with Gasteiger partial charge in [0.25, 0.3) is 0 Å². The van der Waals surface area contributed by atoms with Crippen molar-refractivity contribution in [2.24, 2.45) is 0 Å². The fourth-order valence-corrected chi connectivity index (χ4v) is 5.57. The van der Waals surface area contributed by atoms with Crippen LogP contribution in [-0.2, 0) is 12.8 Å². The Labute approximate surface area is 140 Å². The average Bonchev–Trinajstić information content (AvgIpc) is 2.89. The zero-order valence-corrected chi connectivity index (χ0v) is 15.1. The molecular formula is C14H16ClNO5Te. The van der Waals surface area contributed by atoms with E-state index in [2.05, 4.69) is 21.1 Å². The van der Waals surface area contributed by atoms with Crippen molar-refractivity contribution < 1.29 is 36.4 Å². The summed E-state index contributed by atoms with van der Waals surface area (Å²) in [5, 5.41) is 0. The van der Waals surface area contributed by atoms with Gasteiger partial charge in [0.15, 0.2) is 0 Å². The molecule has 0 amide bonds. The fourth-order valence-electron chi connectivity index (χ4n) is 2.28. The van der Waals surface area contributed by atoms with E-state index >= 15 is 0 Å². The number of ether oxygens (including phenoxy) is 1. The summed E-state index contributed by atoms with van der Waals surface area (Å²) in [6, 6.07) is 8.43. The van der Waals surface area contributed by atoms with Crippen molar-refractivity contribution >= 4 is 20.7 Å². The summed E-state index contributed by atoms with van der Waals surface area (Å²) in [7, 11) is -3.23. The normalized spacial score (nSPS) is 13.9. The molecule has 0 aliphatic heterocycles. The molecule has 22 heavy (non-hydrogen) atoms. The Morgan fingerprint density at radius 1 is 1.05 bits per heavy atom. The number of aromatic nitrogens is 1. The molecule has 0 saturated heterocycles. The van der Waals surface area contributed by atoms with E-state index in [1.165, 1.54) is 31.4 Å². The number of halogens is 1. The van der Waals surface area contributed by atoms with Gasteiger partial charge in [0.2, 0.25) is 0 Å². The average molecular weight is 441 g/mol. The van der Waals surface area contributed by atoms with E-state index in [0.29, 0.717) is 0 Å². The number of aryl methyl sites for hydroxylation is 2. The number of benzene rings is 1. The first-order valence-corrected chi connectivity index (χ1v) is 10.1. The summed E-state index contributed by atoms with van der Waals surface area (Å²) in [5.41, 5.74) is 2.96. The molecule has 1 aromatic carbocycles. The molecule has 0 radical (unpaired) electrons. The van der Waals surface area contributed by atoms with E-state index in [1.807, 2.05) is 12.1 Å². The second-order valence-corrected chi connectivity index (χ2v) is 8.58. The first-order chi connectivity index (χ1) is 10.4. The number of hydrogen-bond donors (Lipinski definition) is 0. The first kappa shape index (κ1) is 17.7. The van der Waals surface area contributed by atoms with Gasteiger partial charge in [-0.05, 0) is 0 Å². The predicted molar refractivity (Wildman–Crippen MR) is 68.1 cm³/mol. The monoisotopic (exact) mass is 443 g/mol. The summed E-state index contributed by atoms with van der Waals surface area (Å²) in [6.07, 6.45) is 7.80. The van der Waals surface area contributed by atoms with Crippen molar-refractivity contribution in [3.8, 4) is 11.4 Å². The third-order valence-electron chi connectivity index (χ3n) is 3.27. The number of fused-ring (bicyclic) bond motifs is 1. The molecule has 3 rings (SSSR count). The van der Waals surface area contributed by atoms with Crippen molar-refractivity contribution in [2.45, 2.75) is 25.7 Å². The van der Waals surface area contributed by atoms with E-state index < -0.39 is 10.2 Å². The van der Waals surface area contributed by atoms with Crippen molar-refractivity contribution in [1.29, 1.82) is 0 Å². The Kier molecular flexibility index (Phi) is 6.24. The van der Waals surface area contributed by atoms with Gasteiger partial charge in [-0.3, -0.25) is 0 Å². The molecule has 1 aromatic heterocycles. The predicted octanol–water partition coefficient (Wildman–Crippen LogP) is -2.85. The minimum Gasteiger partial charge on any atom is -0.222 e. The fraction of sp³-hybridized carbons (Fsp3) is 0.357. The summed E-state index contributed by atoms with van der Waals surface area (Å²) < 4.78 is 43.4. The summed E-state index contributed by atoms with van der Waals surface area (Å²) in [5.74, 6) is 0.936.